The first-order valence-corrected chi connectivity index (χ1v) is 7.91. The standard InChI is InChI=1S/C19H13FO3S/c1-22-13-8-10-14-15(9-7-12-5-3-4-6-16(12)20)18(19(21)23-2)24-17(14)11-13/h3-6,8,10-11H,1-2H3. The molecule has 0 unspecified atom stereocenters. The molecule has 0 bridgehead atoms. The summed E-state index contributed by atoms with van der Waals surface area (Å²) in [5, 5.41) is 0.810. The van der Waals surface area contributed by atoms with Gasteiger partial charge in [-0.05, 0) is 30.3 Å². The molecule has 3 nitrogen and oxygen atoms in total. The molecule has 0 aliphatic rings. The lowest BCUT2D eigenvalue weighted by atomic mass is 10.1. The van der Waals surface area contributed by atoms with Crippen LogP contribution in [0.4, 0.5) is 4.39 Å². The number of esters is 1. The molecule has 0 N–H and O–H groups in total. The third kappa shape index (κ3) is 2.97. The number of ether oxygens (including phenoxy) is 2. The van der Waals surface area contributed by atoms with Crippen molar-refractivity contribution in [3.05, 3.63) is 64.3 Å². The van der Waals surface area contributed by atoms with Gasteiger partial charge < -0.3 is 9.47 Å². The van der Waals surface area contributed by atoms with Crippen LogP contribution in [0.25, 0.3) is 10.1 Å². The molecule has 0 spiro atoms. The molecular formula is C19H13FO3S. The van der Waals surface area contributed by atoms with E-state index in [4.69, 9.17) is 9.47 Å². The maximum Gasteiger partial charge on any atom is 0.349 e. The fourth-order valence-electron chi connectivity index (χ4n) is 2.26. The Hall–Kier alpha value is -2.84. The van der Waals surface area contributed by atoms with Crippen molar-refractivity contribution >= 4 is 27.4 Å². The normalized spacial score (nSPS) is 10.1. The Morgan fingerprint density at radius 3 is 2.62 bits per heavy atom. The molecule has 1 aromatic heterocycles. The molecule has 3 aromatic rings. The number of thiophene rings is 1. The number of rotatable bonds is 2. The highest BCUT2D eigenvalue weighted by atomic mass is 32.1. The summed E-state index contributed by atoms with van der Waals surface area (Å²) in [5.74, 6) is 5.55. The molecule has 0 radical (unpaired) electrons. The second kappa shape index (κ2) is 6.73. The minimum absolute atomic E-state index is 0.279. The fraction of sp³-hybridized carbons (Fsp3) is 0.105. The zero-order valence-corrected chi connectivity index (χ0v) is 13.9. The molecule has 3 rings (SSSR count). The van der Waals surface area contributed by atoms with Crippen molar-refractivity contribution in [3.8, 4) is 17.6 Å². The van der Waals surface area contributed by atoms with E-state index in [1.165, 1.54) is 24.5 Å². The summed E-state index contributed by atoms with van der Waals surface area (Å²) in [4.78, 5) is 12.4. The number of hydrogen-bond acceptors (Lipinski definition) is 4. The van der Waals surface area contributed by atoms with Crippen LogP contribution < -0.4 is 4.74 Å². The van der Waals surface area contributed by atoms with Gasteiger partial charge in [0.05, 0.1) is 25.3 Å². The van der Waals surface area contributed by atoms with Gasteiger partial charge in [-0.1, -0.05) is 24.0 Å². The Bertz CT molecular complexity index is 979. The van der Waals surface area contributed by atoms with E-state index in [-0.39, 0.29) is 5.56 Å². The Morgan fingerprint density at radius 1 is 1.12 bits per heavy atom. The highest BCUT2D eigenvalue weighted by Crippen LogP contribution is 2.34. The van der Waals surface area contributed by atoms with Crippen molar-refractivity contribution < 1.29 is 18.7 Å². The number of carbonyl (C=O) groups excluding carboxylic acids is 1. The number of halogens is 1. The minimum atomic E-state index is -0.465. The van der Waals surface area contributed by atoms with Gasteiger partial charge >= 0.3 is 5.97 Å². The molecule has 24 heavy (non-hydrogen) atoms. The molecule has 2 aromatic carbocycles. The van der Waals surface area contributed by atoms with Crippen molar-refractivity contribution in [2.75, 3.05) is 14.2 Å². The summed E-state index contributed by atoms with van der Waals surface area (Å²) in [6, 6.07) is 11.7. The number of methoxy groups -OCH3 is 2. The molecule has 0 aliphatic heterocycles. The third-order valence-electron chi connectivity index (χ3n) is 3.46. The van der Waals surface area contributed by atoms with Crippen molar-refractivity contribution in [1.29, 1.82) is 0 Å². The zero-order valence-electron chi connectivity index (χ0n) is 13.1. The van der Waals surface area contributed by atoms with Gasteiger partial charge in [-0.2, -0.15) is 0 Å². The molecule has 0 atom stereocenters. The smallest absolute Gasteiger partial charge is 0.349 e. The van der Waals surface area contributed by atoms with Crippen LogP contribution in [0.5, 0.6) is 5.75 Å². The van der Waals surface area contributed by atoms with E-state index in [1.807, 2.05) is 12.1 Å². The first-order valence-electron chi connectivity index (χ1n) is 7.09. The SMILES string of the molecule is COC(=O)c1sc2cc(OC)ccc2c1C#Cc1ccccc1F. The van der Waals surface area contributed by atoms with E-state index < -0.39 is 11.8 Å². The van der Waals surface area contributed by atoms with Crippen LogP contribution in [0.15, 0.2) is 42.5 Å². The van der Waals surface area contributed by atoms with Crippen molar-refractivity contribution in [2.24, 2.45) is 0 Å². The molecule has 1 heterocycles. The van der Waals surface area contributed by atoms with Crippen LogP contribution >= 0.6 is 11.3 Å². The van der Waals surface area contributed by atoms with Gasteiger partial charge in [0.2, 0.25) is 0 Å². The van der Waals surface area contributed by atoms with Gasteiger partial charge in [-0.3, -0.25) is 0 Å². The zero-order chi connectivity index (χ0) is 17.1. The Balaban J connectivity index is 2.18. The average molecular weight is 340 g/mol. The van der Waals surface area contributed by atoms with Gasteiger partial charge in [0.15, 0.2) is 0 Å². The van der Waals surface area contributed by atoms with Gasteiger partial charge in [0.1, 0.15) is 16.4 Å². The van der Waals surface area contributed by atoms with E-state index in [0.29, 0.717) is 16.2 Å². The largest absolute Gasteiger partial charge is 0.497 e. The topological polar surface area (TPSA) is 35.5 Å². The van der Waals surface area contributed by atoms with Gasteiger partial charge in [-0.25, -0.2) is 9.18 Å². The van der Waals surface area contributed by atoms with E-state index in [1.54, 1.807) is 31.4 Å². The molecule has 120 valence electrons. The maximum absolute atomic E-state index is 13.7. The Labute approximate surface area is 142 Å². The molecule has 0 fully saturated rings. The lowest BCUT2D eigenvalue weighted by molar-refractivity contribution is 0.0606. The molecule has 5 heteroatoms. The van der Waals surface area contributed by atoms with Crippen LogP contribution in [0.2, 0.25) is 0 Å². The molecular weight excluding hydrogens is 327 g/mol. The summed E-state index contributed by atoms with van der Waals surface area (Å²) in [6.45, 7) is 0. The second-order valence-electron chi connectivity index (χ2n) is 4.89. The minimum Gasteiger partial charge on any atom is -0.497 e. The molecule has 0 amide bonds. The first kappa shape index (κ1) is 16.0. The number of carbonyl (C=O) groups is 1. The van der Waals surface area contributed by atoms with Crippen LogP contribution in [-0.4, -0.2) is 20.2 Å². The Kier molecular flexibility index (Phi) is 4.50. The lowest BCUT2D eigenvalue weighted by Crippen LogP contribution is -2.00. The van der Waals surface area contributed by atoms with Crippen LogP contribution in [0, 0.1) is 17.7 Å². The van der Waals surface area contributed by atoms with E-state index in [2.05, 4.69) is 11.8 Å². The number of benzene rings is 2. The predicted octanol–water partition coefficient (Wildman–Crippen LogP) is 4.24. The van der Waals surface area contributed by atoms with Crippen LogP contribution in [-0.2, 0) is 4.74 Å². The highest BCUT2D eigenvalue weighted by molar-refractivity contribution is 7.21. The molecule has 0 saturated carbocycles. The second-order valence-corrected chi connectivity index (χ2v) is 5.94. The average Bonchev–Trinajstić information content (AvgIpc) is 2.98. The van der Waals surface area contributed by atoms with E-state index in [9.17, 15) is 9.18 Å². The van der Waals surface area contributed by atoms with Crippen LogP contribution in [0.3, 0.4) is 0 Å². The summed E-state index contributed by atoms with van der Waals surface area (Å²) in [7, 11) is 2.90. The van der Waals surface area contributed by atoms with Crippen molar-refractivity contribution in [3.63, 3.8) is 0 Å². The summed E-state index contributed by atoms with van der Waals surface area (Å²) < 4.78 is 24.6. The third-order valence-corrected chi connectivity index (χ3v) is 4.60. The highest BCUT2D eigenvalue weighted by Gasteiger charge is 2.18. The van der Waals surface area contributed by atoms with E-state index in [0.717, 1.165) is 10.1 Å². The quantitative estimate of drug-likeness (QED) is 0.517. The van der Waals surface area contributed by atoms with E-state index >= 15 is 0 Å². The van der Waals surface area contributed by atoms with Crippen molar-refractivity contribution in [1.82, 2.24) is 0 Å². The maximum atomic E-state index is 13.7. The molecule has 0 aliphatic carbocycles. The lowest BCUT2D eigenvalue weighted by Gasteiger charge is -1.98. The summed E-state index contributed by atoms with van der Waals surface area (Å²) in [5.41, 5.74) is 0.814. The number of hydrogen-bond donors (Lipinski definition) is 0. The predicted molar refractivity (Wildman–Crippen MR) is 92.1 cm³/mol. The summed E-state index contributed by atoms with van der Waals surface area (Å²) in [6.07, 6.45) is 0. The number of fused-ring (bicyclic) bond motifs is 1. The molecule has 0 saturated heterocycles. The van der Waals surface area contributed by atoms with Gasteiger partial charge in [-0.15, -0.1) is 11.3 Å². The van der Waals surface area contributed by atoms with Gasteiger partial charge in [0.25, 0.3) is 0 Å². The van der Waals surface area contributed by atoms with Gasteiger partial charge in [0, 0.05) is 10.1 Å². The monoisotopic (exact) mass is 340 g/mol. The Morgan fingerprint density at radius 2 is 1.92 bits per heavy atom. The van der Waals surface area contributed by atoms with Crippen molar-refractivity contribution in [2.45, 2.75) is 0 Å². The fourth-order valence-corrected chi connectivity index (χ4v) is 3.36. The first-order chi connectivity index (χ1) is 11.6. The summed E-state index contributed by atoms with van der Waals surface area (Å²) >= 11 is 1.27. The van der Waals surface area contributed by atoms with Crippen LogP contribution in [0.1, 0.15) is 20.8 Å².